The molecule has 34 heavy (non-hydrogen) atoms. The molecule has 2 rings (SSSR count). The SMILES string of the molecule is C1CCC(PC2CCCCC2)CC1.CC(C)(C)PC(C)(C)C.[C-]#[O+].[C-]#[O+].[C-]#[O+].[C-]#[O+].[C-]#[O+].[Fe].[Fe]. The van der Waals surface area contributed by atoms with Gasteiger partial charge in [0, 0.05) is 34.1 Å². The molecule has 0 heterocycles. The van der Waals surface area contributed by atoms with Crippen molar-refractivity contribution in [3.05, 3.63) is 33.3 Å². The molecule has 0 radical (unpaired) electrons. The fraction of sp³-hybridized carbons (Fsp3) is 0.800. The average molecular weight is 596 g/mol. The average Bonchev–Trinajstić information content (AvgIpc) is 2.80. The van der Waals surface area contributed by atoms with Gasteiger partial charge in [0.25, 0.3) is 0 Å². The van der Waals surface area contributed by atoms with Gasteiger partial charge in [0.05, 0.1) is 0 Å². The minimum atomic E-state index is 0. The predicted octanol–water partition coefficient (Wildman–Crippen LogP) is 7.40. The van der Waals surface area contributed by atoms with E-state index in [2.05, 4.69) is 74.8 Å². The van der Waals surface area contributed by atoms with E-state index in [0.717, 1.165) is 19.9 Å². The van der Waals surface area contributed by atoms with Gasteiger partial charge in [-0.25, -0.2) is 0 Å². The van der Waals surface area contributed by atoms with Gasteiger partial charge >= 0.3 is 56.5 Å². The van der Waals surface area contributed by atoms with Gasteiger partial charge in [-0.2, -0.15) is 0 Å². The van der Waals surface area contributed by atoms with Crippen LogP contribution in [0.2, 0.25) is 0 Å². The van der Waals surface area contributed by atoms with Crippen molar-refractivity contribution in [1.82, 2.24) is 0 Å². The molecule has 0 aromatic carbocycles. The Balaban J connectivity index is -0.0000000617. The van der Waals surface area contributed by atoms with E-state index in [9.17, 15) is 0 Å². The molecule has 0 bridgehead atoms. The Labute approximate surface area is 234 Å². The largest absolute Gasteiger partial charge is 0 e. The first-order valence-corrected chi connectivity index (χ1v) is 12.9. The fourth-order valence-corrected chi connectivity index (χ4v) is 8.40. The van der Waals surface area contributed by atoms with Crippen molar-refractivity contribution in [3.63, 3.8) is 0 Å². The molecule has 2 saturated carbocycles. The third-order valence-corrected chi connectivity index (χ3v) is 8.03. The summed E-state index contributed by atoms with van der Waals surface area (Å²) in [6, 6.07) is 0. The van der Waals surface area contributed by atoms with Gasteiger partial charge in [-0.05, 0) is 47.3 Å². The van der Waals surface area contributed by atoms with Crippen LogP contribution in [0.25, 0.3) is 0 Å². The second-order valence-electron chi connectivity index (χ2n) is 9.46. The quantitative estimate of drug-likeness (QED) is 0.137. The van der Waals surface area contributed by atoms with Crippen LogP contribution in [-0.4, -0.2) is 21.6 Å². The van der Waals surface area contributed by atoms with Crippen molar-refractivity contribution in [2.24, 2.45) is 0 Å². The van der Waals surface area contributed by atoms with Gasteiger partial charge in [-0.15, -0.1) is 17.2 Å². The first kappa shape index (κ1) is 51.3. The van der Waals surface area contributed by atoms with Crippen molar-refractivity contribution in [2.45, 2.75) is 127 Å². The molecule has 0 saturated heterocycles. The van der Waals surface area contributed by atoms with Crippen LogP contribution in [0.1, 0.15) is 106 Å². The maximum atomic E-state index is 7.50. The van der Waals surface area contributed by atoms with Gasteiger partial charge < -0.3 is 0 Å². The summed E-state index contributed by atoms with van der Waals surface area (Å²) >= 11 is 0. The molecule has 0 spiro atoms. The van der Waals surface area contributed by atoms with Gasteiger partial charge in [0.2, 0.25) is 0 Å². The summed E-state index contributed by atoms with van der Waals surface area (Å²) < 4.78 is 37.5. The number of rotatable bonds is 2. The van der Waals surface area contributed by atoms with Gasteiger partial charge in [-0.3, -0.25) is 0 Å². The molecule has 0 unspecified atom stereocenters. The first-order chi connectivity index (χ1) is 15.2. The van der Waals surface area contributed by atoms with E-state index in [0.29, 0.717) is 10.3 Å². The van der Waals surface area contributed by atoms with Gasteiger partial charge in [-0.1, -0.05) is 80.1 Å². The molecule has 0 amide bonds. The minimum absolute atomic E-state index is 0. The van der Waals surface area contributed by atoms with E-state index in [4.69, 9.17) is 23.3 Å². The number of hydrogen-bond acceptors (Lipinski definition) is 0. The molecule has 0 aromatic rings. The Kier molecular flexibility index (Phi) is 57.5. The second kappa shape index (κ2) is 38.1. The Morgan fingerprint density at radius 3 is 0.824 bits per heavy atom. The predicted molar refractivity (Wildman–Crippen MR) is 130 cm³/mol. The third kappa shape index (κ3) is 46.0. The molecule has 0 atom stereocenters. The zero-order valence-electron chi connectivity index (χ0n) is 21.5. The molecule has 0 aromatic heterocycles. The molecule has 2 aliphatic carbocycles. The maximum absolute atomic E-state index is 7.50. The molecule has 0 aliphatic heterocycles. The fourth-order valence-electron chi connectivity index (χ4n) is 4.00. The molecular weight excluding hydrogens is 554 g/mol. The van der Waals surface area contributed by atoms with Crippen molar-refractivity contribution in [3.8, 4) is 0 Å². The minimum Gasteiger partial charge on any atom is 0 e. The Morgan fingerprint density at radius 2 is 0.676 bits per heavy atom. The summed E-state index contributed by atoms with van der Waals surface area (Å²) in [5, 5.41) is 1.02. The van der Waals surface area contributed by atoms with Gasteiger partial charge in [0.1, 0.15) is 0 Å². The van der Waals surface area contributed by atoms with Crippen LogP contribution >= 0.6 is 17.2 Å². The summed E-state index contributed by atoms with van der Waals surface area (Å²) in [4.78, 5) is 0. The normalized spacial score (nSPS) is 14.6. The zero-order chi connectivity index (χ0) is 26.6. The summed E-state index contributed by atoms with van der Waals surface area (Å²) in [5.41, 5.74) is 2.30. The van der Waals surface area contributed by atoms with Crippen molar-refractivity contribution < 1.29 is 57.4 Å². The molecule has 0 N–H and O–H groups in total. The van der Waals surface area contributed by atoms with Crippen LogP contribution < -0.4 is 0 Å². The summed E-state index contributed by atoms with van der Waals surface area (Å²) in [5.74, 6) is 0. The van der Waals surface area contributed by atoms with E-state index in [-0.39, 0.29) is 34.1 Å². The van der Waals surface area contributed by atoms with Crippen LogP contribution in [0.15, 0.2) is 0 Å². The summed E-state index contributed by atoms with van der Waals surface area (Å²) in [6.07, 6.45) is 15.4. The standard InChI is InChI=1S/C12H23P.C8H19P.5CO.2Fe/c1-3-7-11(8-4-1)13-12-9-5-2-6-10-12;1-7(2,3)9-8(4,5)6;5*1-2;;/h11-13H,1-10H2;9H,1-6H3;;;;;;;. The number of hydrogen-bond donors (Lipinski definition) is 0. The molecule has 2 fully saturated rings. The molecular formula is C25H42Fe2O5P2. The summed E-state index contributed by atoms with van der Waals surface area (Å²) in [7, 11) is 2.38. The Morgan fingerprint density at radius 1 is 0.471 bits per heavy atom. The zero-order valence-corrected chi connectivity index (χ0v) is 25.7. The topological polar surface area (TPSA) is 99.5 Å². The van der Waals surface area contributed by atoms with E-state index in [1.54, 1.807) is 25.7 Å². The van der Waals surface area contributed by atoms with E-state index in [1.807, 2.05) is 0 Å². The van der Waals surface area contributed by atoms with Crippen molar-refractivity contribution in [2.75, 3.05) is 0 Å². The molecule has 5 nitrogen and oxygen atoms in total. The van der Waals surface area contributed by atoms with E-state index < -0.39 is 0 Å². The van der Waals surface area contributed by atoms with Crippen LogP contribution in [0.5, 0.6) is 0 Å². The smallest absolute Gasteiger partial charge is 0 e. The van der Waals surface area contributed by atoms with Crippen molar-refractivity contribution >= 4 is 17.2 Å². The van der Waals surface area contributed by atoms with Crippen molar-refractivity contribution in [1.29, 1.82) is 0 Å². The third-order valence-electron chi connectivity index (χ3n) is 4.43. The van der Waals surface area contributed by atoms with E-state index in [1.165, 1.54) is 47.1 Å². The summed E-state index contributed by atoms with van der Waals surface area (Å²) in [6.45, 7) is 36.3. The Bertz CT molecular complexity index is 418. The van der Waals surface area contributed by atoms with Gasteiger partial charge in [0.15, 0.2) is 0 Å². The second-order valence-corrected chi connectivity index (χ2v) is 14.7. The van der Waals surface area contributed by atoms with Crippen LogP contribution in [0, 0.1) is 33.3 Å². The Hall–Kier alpha value is 0.599. The monoisotopic (exact) mass is 596 g/mol. The van der Waals surface area contributed by atoms with Crippen LogP contribution in [0.3, 0.4) is 0 Å². The molecule has 2 aliphatic rings. The van der Waals surface area contributed by atoms with Crippen LogP contribution in [0.4, 0.5) is 0 Å². The first-order valence-electron chi connectivity index (χ1n) is 10.7. The van der Waals surface area contributed by atoms with E-state index >= 15 is 0 Å². The van der Waals surface area contributed by atoms with Crippen LogP contribution in [-0.2, 0) is 57.4 Å². The molecule has 198 valence electrons. The maximum Gasteiger partial charge on any atom is 0 e. The molecule has 9 heteroatoms.